The van der Waals surface area contributed by atoms with Crippen molar-refractivity contribution in [3.8, 4) is 0 Å². The maximum absolute atomic E-state index is 15.5. The van der Waals surface area contributed by atoms with Gasteiger partial charge in [0.25, 0.3) is 5.91 Å². The van der Waals surface area contributed by atoms with Crippen LogP contribution in [0.25, 0.3) is 0 Å². The largest absolute Gasteiger partial charge is 0.481 e. The molecule has 210 valence electrons. The molecule has 4 atom stereocenters. The molecule has 1 heterocycles. The summed E-state index contributed by atoms with van der Waals surface area (Å²) in [4.78, 5) is 38.9. The number of hydrogen-bond acceptors (Lipinski definition) is 4. The van der Waals surface area contributed by atoms with Crippen LogP contribution in [0.2, 0.25) is 10.0 Å². The van der Waals surface area contributed by atoms with E-state index >= 15 is 4.39 Å². The molecule has 1 amide bonds. The summed E-state index contributed by atoms with van der Waals surface area (Å²) in [5.74, 6) is -3.93. The minimum atomic E-state index is -4.98. The standard InChI is InChI=1S/C26H25Cl2F4N3O4/c27-17-4-3-5-18(28)21(17)19(36)11-34(12-25(29)6-1-2-7-25)23(37)16-10-33-35(22(16)26(30,31)32)13-8-14-15(9-13)20(14)24(38)39/h3-5,10,13-15,20H,1-2,6-9,11-12H2,(H,38,39)/t13-,14+,15-,20+. The number of carbonyl (C=O) groups excluding carboxylic acids is 2. The zero-order chi connectivity index (χ0) is 28.3. The van der Waals surface area contributed by atoms with E-state index in [-0.39, 0.29) is 53.1 Å². The zero-order valence-electron chi connectivity index (χ0n) is 20.6. The van der Waals surface area contributed by atoms with Crippen molar-refractivity contribution in [2.45, 2.75) is 56.4 Å². The zero-order valence-corrected chi connectivity index (χ0v) is 22.1. The molecule has 0 radical (unpaired) electrons. The number of ketones is 1. The van der Waals surface area contributed by atoms with E-state index in [1.54, 1.807) is 0 Å². The van der Waals surface area contributed by atoms with Crippen molar-refractivity contribution in [3.05, 3.63) is 51.3 Å². The molecule has 13 heteroatoms. The van der Waals surface area contributed by atoms with Gasteiger partial charge in [-0.2, -0.15) is 18.3 Å². The van der Waals surface area contributed by atoms with Crippen LogP contribution in [0.3, 0.4) is 0 Å². The molecule has 3 saturated carbocycles. The molecule has 0 bridgehead atoms. The van der Waals surface area contributed by atoms with Crippen LogP contribution < -0.4 is 0 Å². The number of carbonyl (C=O) groups is 3. The number of benzene rings is 1. The van der Waals surface area contributed by atoms with Crippen LogP contribution in [0, 0.1) is 17.8 Å². The highest BCUT2D eigenvalue weighted by Crippen LogP contribution is 2.61. The first-order valence-electron chi connectivity index (χ1n) is 12.6. The number of carboxylic acid groups (broad SMARTS) is 1. The smallest absolute Gasteiger partial charge is 0.433 e. The molecular formula is C26H25Cl2F4N3O4. The minimum Gasteiger partial charge on any atom is -0.481 e. The summed E-state index contributed by atoms with van der Waals surface area (Å²) >= 11 is 12.3. The third kappa shape index (κ3) is 5.27. The molecule has 2 aromatic rings. The van der Waals surface area contributed by atoms with Gasteiger partial charge in [0.2, 0.25) is 0 Å². The van der Waals surface area contributed by atoms with E-state index in [4.69, 9.17) is 23.2 Å². The van der Waals surface area contributed by atoms with Crippen molar-refractivity contribution in [2.24, 2.45) is 17.8 Å². The third-order valence-corrected chi connectivity index (χ3v) is 8.81. The summed E-state index contributed by atoms with van der Waals surface area (Å²) in [7, 11) is 0. The first kappa shape index (κ1) is 27.9. The van der Waals surface area contributed by atoms with Crippen molar-refractivity contribution in [1.29, 1.82) is 0 Å². The molecule has 3 fully saturated rings. The Labute approximate surface area is 231 Å². The van der Waals surface area contributed by atoms with Crippen LogP contribution in [0.4, 0.5) is 17.6 Å². The van der Waals surface area contributed by atoms with Gasteiger partial charge < -0.3 is 10.0 Å². The average Bonchev–Trinajstić information content (AvgIpc) is 3.26. The molecule has 5 rings (SSSR count). The number of alkyl halides is 4. The van der Waals surface area contributed by atoms with Gasteiger partial charge in [-0.3, -0.25) is 19.1 Å². The van der Waals surface area contributed by atoms with Gasteiger partial charge in [-0.05, 0) is 49.7 Å². The number of aliphatic carboxylic acids is 1. The normalized spacial score (nSPS) is 25.4. The molecule has 0 spiro atoms. The van der Waals surface area contributed by atoms with Crippen molar-refractivity contribution >= 4 is 40.9 Å². The Morgan fingerprint density at radius 3 is 2.23 bits per heavy atom. The Morgan fingerprint density at radius 2 is 1.69 bits per heavy atom. The summed E-state index contributed by atoms with van der Waals surface area (Å²) in [5.41, 5.74) is -4.05. The number of halogens is 6. The van der Waals surface area contributed by atoms with Crippen LogP contribution in [-0.2, 0) is 11.0 Å². The Hall–Kier alpha value is -2.66. The van der Waals surface area contributed by atoms with Crippen LogP contribution in [0.1, 0.15) is 71.0 Å². The highest BCUT2D eigenvalue weighted by molar-refractivity contribution is 6.40. The monoisotopic (exact) mass is 589 g/mol. The van der Waals surface area contributed by atoms with Gasteiger partial charge in [0.15, 0.2) is 11.5 Å². The quantitative estimate of drug-likeness (QED) is 0.297. The van der Waals surface area contributed by atoms with E-state index in [0.29, 0.717) is 12.8 Å². The summed E-state index contributed by atoms with van der Waals surface area (Å²) < 4.78 is 59.3. The van der Waals surface area contributed by atoms with Gasteiger partial charge in [0.05, 0.1) is 52.4 Å². The Kier molecular flexibility index (Phi) is 7.20. The van der Waals surface area contributed by atoms with Crippen molar-refractivity contribution in [1.82, 2.24) is 14.7 Å². The highest BCUT2D eigenvalue weighted by atomic mass is 35.5. The molecule has 7 nitrogen and oxygen atoms in total. The Morgan fingerprint density at radius 1 is 1.10 bits per heavy atom. The second-order valence-corrected chi connectivity index (χ2v) is 11.5. The maximum Gasteiger partial charge on any atom is 0.433 e. The molecule has 39 heavy (non-hydrogen) atoms. The topological polar surface area (TPSA) is 92.5 Å². The number of rotatable bonds is 8. The lowest BCUT2D eigenvalue weighted by Crippen LogP contribution is -2.45. The van der Waals surface area contributed by atoms with Crippen LogP contribution in [0.15, 0.2) is 24.4 Å². The molecule has 1 N–H and O–H groups in total. The van der Waals surface area contributed by atoms with Crippen molar-refractivity contribution < 1.29 is 37.1 Å². The number of carboxylic acids is 1. The minimum absolute atomic E-state index is 0.000934. The number of hydrogen-bond donors (Lipinski definition) is 1. The first-order valence-corrected chi connectivity index (χ1v) is 13.4. The van der Waals surface area contributed by atoms with Gasteiger partial charge in [0.1, 0.15) is 5.67 Å². The number of amides is 1. The first-order chi connectivity index (χ1) is 18.3. The third-order valence-electron chi connectivity index (χ3n) is 8.18. The second kappa shape index (κ2) is 10.1. The van der Waals surface area contributed by atoms with E-state index < -0.39 is 65.8 Å². The predicted molar refractivity (Wildman–Crippen MR) is 133 cm³/mol. The fourth-order valence-corrected chi connectivity index (χ4v) is 6.96. The van der Waals surface area contributed by atoms with Crippen LogP contribution in [0.5, 0.6) is 0 Å². The molecule has 0 aliphatic heterocycles. The fraction of sp³-hybridized carbons (Fsp3) is 0.538. The summed E-state index contributed by atoms with van der Waals surface area (Å²) in [6.45, 7) is -1.31. The molecule has 3 aliphatic rings. The van der Waals surface area contributed by atoms with Gasteiger partial charge in [-0.25, -0.2) is 4.39 Å². The SMILES string of the molecule is O=C(CN(CC1(F)CCCC1)C(=O)c1cnn([C@H]2C[C@@H]3[C@H](C2)[C@@H]3C(=O)O)c1C(F)(F)F)c1c(Cl)cccc1Cl. The van der Waals surface area contributed by atoms with Crippen LogP contribution in [-0.4, -0.2) is 56.2 Å². The lowest BCUT2D eigenvalue weighted by atomic mass is 10.0. The van der Waals surface area contributed by atoms with Gasteiger partial charge in [-0.1, -0.05) is 42.1 Å². The molecule has 0 saturated heterocycles. The molecule has 3 aliphatic carbocycles. The average molecular weight is 590 g/mol. The lowest BCUT2D eigenvalue weighted by Gasteiger charge is -2.30. The van der Waals surface area contributed by atoms with Gasteiger partial charge >= 0.3 is 12.1 Å². The van der Waals surface area contributed by atoms with Crippen molar-refractivity contribution in [3.63, 3.8) is 0 Å². The van der Waals surface area contributed by atoms with E-state index in [1.165, 1.54) is 18.2 Å². The summed E-state index contributed by atoms with van der Waals surface area (Å²) in [6, 6.07) is 3.60. The summed E-state index contributed by atoms with van der Waals surface area (Å²) in [6.07, 6.45) is -2.47. The van der Waals surface area contributed by atoms with E-state index in [2.05, 4.69) is 5.10 Å². The predicted octanol–water partition coefficient (Wildman–Crippen LogP) is 6.10. The van der Waals surface area contributed by atoms with E-state index in [9.17, 15) is 32.7 Å². The number of Topliss-reactive ketones (excluding diaryl/α,β-unsaturated/α-hetero) is 1. The molecule has 1 aromatic carbocycles. The van der Waals surface area contributed by atoms with E-state index in [1.807, 2.05) is 0 Å². The van der Waals surface area contributed by atoms with Crippen LogP contribution >= 0.6 is 23.2 Å². The maximum atomic E-state index is 15.5. The Bertz CT molecular complexity index is 1290. The lowest BCUT2D eigenvalue weighted by molar-refractivity contribution is -0.146. The van der Waals surface area contributed by atoms with Gasteiger partial charge in [-0.15, -0.1) is 0 Å². The molecule has 1 aromatic heterocycles. The fourth-order valence-electron chi connectivity index (χ4n) is 6.35. The number of nitrogens with zero attached hydrogens (tertiary/aromatic N) is 3. The Balaban J connectivity index is 1.46. The van der Waals surface area contributed by atoms with Gasteiger partial charge in [0, 0.05) is 0 Å². The molecular weight excluding hydrogens is 565 g/mol. The number of aromatic nitrogens is 2. The highest BCUT2D eigenvalue weighted by Gasteiger charge is 2.61. The summed E-state index contributed by atoms with van der Waals surface area (Å²) in [5, 5.41) is 13.1. The van der Waals surface area contributed by atoms with E-state index in [0.717, 1.165) is 15.8 Å². The van der Waals surface area contributed by atoms with Crippen molar-refractivity contribution in [2.75, 3.05) is 13.1 Å². The second-order valence-electron chi connectivity index (χ2n) is 10.7. The molecule has 0 unspecified atom stereocenters. The number of fused-ring (bicyclic) bond motifs is 1.